The first-order valence-electron chi connectivity index (χ1n) is 6.99. The fourth-order valence-corrected chi connectivity index (χ4v) is 4.60. The van der Waals surface area contributed by atoms with Gasteiger partial charge in [0.15, 0.2) is 0 Å². The van der Waals surface area contributed by atoms with Gasteiger partial charge in [0.1, 0.15) is 0 Å². The van der Waals surface area contributed by atoms with Crippen LogP contribution in [0.5, 0.6) is 0 Å². The lowest BCUT2D eigenvalue weighted by atomic mass is 10.1. The minimum atomic E-state index is -3.58. The normalized spacial score (nSPS) is 14.0. The summed E-state index contributed by atoms with van der Waals surface area (Å²) in [5.74, 6) is 0.425. The van der Waals surface area contributed by atoms with Crippen molar-refractivity contribution in [1.29, 1.82) is 0 Å². The molecule has 0 aliphatic rings. The van der Waals surface area contributed by atoms with E-state index in [9.17, 15) is 13.5 Å². The number of aliphatic hydroxyl groups is 1. The first kappa shape index (κ1) is 18.6. The maximum Gasteiger partial charge on any atom is 0.243 e. The molecular formula is C15H24BrNO3S. The molecule has 0 aromatic heterocycles. The SMILES string of the molecule is Cc1c(Br)cc(CO)cc1S(=O)(=O)N(C)C(C)CC(C)C. The van der Waals surface area contributed by atoms with E-state index in [4.69, 9.17) is 0 Å². The number of halogens is 1. The third-order valence-electron chi connectivity index (χ3n) is 3.63. The summed E-state index contributed by atoms with van der Waals surface area (Å²) in [5, 5.41) is 9.28. The molecule has 4 nitrogen and oxygen atoms in total. The van der Waals surface area contributed by atoms with Gasteiger partial charge >= 0.3 is 0 Å². The van der Waals surface area contributed by atoms with Crippen LogP contribution in [-0.2, 0) is 16.6 Å². The zero-order valence-electron chi connectivity index (χ0n) is 13.2. The topological polar surface area (TPSA) is 57.6 Å². The van der Waals surface area contributed by atoms with Crippen LogP contribution >= 0.6 is 15.9 Å². The zero-order chi connectivity index (χ0) is 16.4. The fourth-order valence-electron chi connectivity index (χ4n) is 2.29. The van der Waals surface area contributed by atoms with E-state index in [1.165, 1.54) is 4.31 Å². The summed E-state index contributed by atoms with van der Waals surface area (Å²) in [7, 11) is -1.96. The van der Waals surface area contributed by atoms with Crippen molar-refractivity contribution in [3.05, 3.63) is 27.7 Å². The summed E-state index contributed by atoms with van der Waals surface area (Å²) >= 11 is 3.36. The molecule has 0 radical (unpaired) electrons. The van der Waals surface area contributed by atoms with E-state index >= 15 is 0 Å². The summed E-state index contributed by atoms with van der Waals surface area (Å²) in [5.41, 5.74) is 1.24. The predicted molar refractivity (Wildman–Crippen MR) is 88.7 cm³/mol. The summed E-state index contributed by atoms with van der Waals surface area (Å²) in [6.45, 7) is 7.64. The van der Waals surface area contributed by atoms with Crippen molar-refractivity contribution < 1.29 is 13.5 Å². The molecule has 0 aliphatic carbocycles. The van der Waals surface area contributed by atoms with Crippen LogP contribution in [0.4, 0.5) is 0 Å². The Bertz CT molecular complexity index is 599. The maximum atomic E-state index is 12.8. The maximum absolute atomic E-state index is 12.8. The second-order valence-electron chi connectivity index (χ2n) is 5.86. The Hall–Kier alpha value is -0.430. The van der Waals surface area contributed by atoms with Crippen LogP contribution in [0.2, 0.25) is 0 Å². The molecule has 6 heteroatoms. The van der Waals surface area contributed by atoms with Crippen LogP contribution in [-0.4, -0.2) is 30.9 Å². The number of hydrogen-bond donors (Lipinski definition) is 1. The quantitative estimate of drug-likeness (QED) is 0.826. The number of aliphatic hydroxyl groups excluding tert-OH is 1. The van der Waals surface area contributed by atoms with Crippen LogP contribution in [0.3, 0.4) is 0 Å². The van der Waals surface area contributed by atoms with Crippen LogP contribution in [0, 0.1) is 12.8 Å². The standard InChI is InChI=1S/C15H24BrNO3S/c1-10(2)6-11(3)17(5)21(19,20)15-8-13(9-18)7-14(16)12(15)4/h7-8,10-11,18H,6,9H2,1-5H3. The Morgan fingerprint density at radius 3 is 2.33 bits per heavy atom. The van der Waals surface area contributed by atoms with Gasteiger partial charge in [-0.3, -0.25) is 0 Å². The molecule has 0 saturated carbocycles. The lowest BCUT2D eigenvalue weighted by molar-refractivity contribution is 0.281. The average molecular weight is 378 g/mol. The molecule has 21 heavy (non-hydrogen) atoms. The van der Waals surface area contributed by atoms with Gasteiger partial charge in [-0.25, -0.2) is 8.42 Å². The highest BCUT2D eigenvalue weighted by Gasteiger charge is 2.28. The molecule has 0 aliphatic heterocycles. The Kier molecular flexibility index (Phi) is 6.40. The van der Waals surface area contributed by atoms with Crippen molar-refractivity contribution in [3.8, 4) is 0 Å². The highest BCUT2D eigenvalue weighted by atomic mass is 79.9. The molecule has 1 N–H and O–H groups in total. The smallest absolute Gasteiger partial charge is 0.243 e. The van der Waals surface area contributed by atoms with Gasteiger partial charge in [-0.2, -0.15) is 4.31 Å². The first-order valence-corrected chi connectivity index (χ1v) is 9.22. The van der Waals surface area contributed by atoms with E-state index in [1.54, 1.807) is 26.1 Å². The molecule has 1 aromatic carbocycles. The molecule has 0 amide bonds. The Morgan fingerprint density at radius 1 is 1.29 bits per heavy atom. The molecule has 0 heterocycles. The molecule has 0 spiro atoms. The van der Waals surface area contributed by atoms with Gasteiger partial charge in [0, 0.05) is 17.6 Å². The average Bonchev–Trinajstić information content (AvgIpc) is 2.39. The number of hydrogen-bond acceptors (Lipinski definition) is 3. The Balaban J connectivity index is 3.27. The Morgan fingerprint density at radius 2 is 1.86 bits per heavy atom. The monoisotopic (exact) mass is 377 g/mol. The molecule has 1 rings (SSSR count). The molecule has 1 unspecified atom stereocenters. The summed E-state index contributed by atoms with van der Waals surface area (Å²) in [4.78, 5) is 0.249. The number of nitrogens with zero attached hydrogens (tertiary/aromatic N) is 1. The van der Waals surface area contributed by atoms with Crippen LogP contribution < -0.4 is 0 Å². The minimum absolute atomic E-state index is 0.0778. The summed E-state index contributed by atoms with van der Waals surface area (Å²) < 4.78 is 27.8. The van der Waals surface area contributed by atoms with Crippen molar-refractivity contribution in [2.24, 2.45) is 5.92 Å². The van der Waals surface area contributed by atoms with Gasteiger partial charge in [0.2, 0.25) is 10.0 Å². The third-order valence-corrected chi connectivity index (χ3v) is 6.55. The number of benzene rings is 1. The minimum Gasteiger partial charge on any atom is -0.392 e. The third kappa shape index (κ3) is 4.28. The lowest BCUT2D eigenvalue weighted by Crippen LogP contribution is -2.36. The molecule has 0 fully saturated rings. The highest BCUT2D eigenvalue weighted by Crippen LogP contribution is 2.29. The highest BCUT2D eigenvalue weighted by molar-refractivity contribution is 9.10. The van der Waals surface area contributed by atoms with Gasteiger partial charge in [-0.05, 0) is 49.4 Å². The fraction of sp³-hybridized carbons (Fsp3) is 0.600. The van der Waals surface area contributed by atoms with Crippen molar-refractivity contribution in [1.82, 2.24) is 4.31 Å². The van der Waals surface area contributed by atoms with Gasteiger partial charge < -0.3 is 5.11 Å². The van der Waals surface area contributed by atoms with E-state index in [0.717, 1.165) is 6.42 Å². The summed E-state index contributed by atoms with van der Waals surface area (Å²) in [6.07, 6.45) is 0.801. The van der Waals surface area contributed by atoms with Crippen LogP contribution in [0.15, 0.2) is 21.5 Å². The lowest BCUT2D eigenvalue weighted by Gasteiger charge is -2.26. The van der Waals surface area contributed by atoms with E-state index in [-0.39, 0.29) is 17.5 Å². The zero-order valence-corrected chi connectivity index (χ0v) is 15.6. The van der Waals surface area contributed by atoms with Gasteiger partial charge in [-0.15, -0.1) is 0 Å². The van der Waals surface area contributed by atoms with Crippen molar-refractivity contribution >= 4 is 26.0 Å². The van der Waals surface area contributed by atoms with Gasteiger partial charge in [0.25, 0.3) is 0 Å². The number of sulfonamides is 1. The molecule has 1 atom stereocenters. The van der Waals surface area contributed by atoms with Gasteiger partial charge in [0.05, 0.1) is 11.5 Å². The van der Waals surface area contributed by atoms with Gasteiger partial charge in [-0.1, -0.05) is 29.8 Å². The van der Waals surface area contributed by atoms with E-state index in [0.29, 0.717) is 21.5 Å². The summed E-state index contributed by atoms with van der Waals surface area (Å²) in [6, 6.07) is 3.21. The first-order chi connectivity index (χ1) is 9.61. The molecule has 0 bridgehead atoms. The van der Waals surface area contributed by atoms with Crippen LogP contribution in [0.25, 0.3) is 0 Å². The number of rotatable bonds is 6. The predicted octanol–water partition coefficient (Wildman–Crippen LogP) is 3.30. The van der Waals surface area contributed by atoms with E-state index < -0.39 is 10.0 Å². The second kappa shape index (κ2) is 7.22. The Labute approximate surface area is 136 Å². The van der Waals surface area contributed by atoms with Crippen molar-refractivity contribution in [2.75, 3.05) is 7.05 Å². The van der Waals surface area contributed by atoms with E-state index in [2.05, 4.69) is 29.8 Å². The van der Waals surface area contributed by atoms with Crippen molar-refractivity contribution in [3.63, 3.8) is 0 Å². The molecule has 0 saturated heterocycles. The molecular weight excluding hydrogens is 354 g/mol. The molecule has 120 valence electrons. The second-order valence-corrected chi connectivity index (χ2v) is 8.68. The van der Waals surface area contributed by atoms with Crippen LogP contribution in [0.1, 0.15) is 38.3 Å². The van der Waals surface area contributed by atoms with E-state index in [1.807, 2.05) is 6.92 Å². The molecule has 1 aromatic rings. The largest absolute Gasteiger partial charge is 0.392 e. The van der Waals surface area contributed by atoms with Crippen molar-refractivity contribution in [2.45, 2.75) is 51.7 Å².